The van der Waals surface area contributed by atoms with Gasteiger partial charge in [-0.2, -0.15) is 8.42 Å². The number of amides is 2. The molecule has 0 aliphatic heterocycles. The number of carbonyl (C=O) groups excluding carboxylic acids is 2. The maximum absolute atomic E-state index is 11.6. The number of alkyl carbamates (subject to hydrolysis) is 2. The number of carbonyl (C=O) groups is 2. The number of aliphatic hydroxyl groups is 1. The Morgan fingerprint density at radius 1 is 0.824 bits per heavy atom. The molecule has 2 rings (SSSR count). The van der Waals surface area contributed by atoms with Crippen LogP contribution in [0.5, 0.6) is 0 Å². The summed E-state index contributed by atoms with van der Waals surface area (Å²) < 4.78 is 36.9. The monoisotopic (exact) mass is 508 g/mol. The molecule has 2 aliphatic carbocycles. The molecule has 4 atom stereocenters. The van der Waals surface area contributed by atoms with Gasteiger partial charge in [0, 0.05) is 18.7 Å². The number of nitrogens with one attached hydrogen (secondary N) is 2. The van der Waals surface area contributed by atoms with Crippen LogP contribution < -0.4 is 10.6 Å². The van der Waals surface area contributed by atoms with Crippen molar-refractivity contribution in [2.45, 2.75) is 103 Å². The highest BCUT2D eigenvalue weighted by atomic mass is 32.2. The van der Waals surface area contributed by atoms with Crippen molar-refractivity contribution in [2.75, 3.05) is 19.5 Å². The fourth-order valence-electron chi connectivity index (χ4n) is 3.90. The molecule has 0 unspecified atom stereocenters. The first-order valence-electron chi connectivity index (χ1n) is 11.9. The van der Waals surface area contributed by atoms with E-state index in [1.165, 1.54) is 0 Å². The van der Waals surface area contributed by atoms with Gasteiger partial charge in [0.05, 0.1) is 12.9 Å². The highest BCUT2D eigenvalue weighted by molar-refractivity contribution is 7.85. The van der Waals surface area contributed by atoms with Crippen molar-refractivity contribution in [1.82, 2.24) is 10.6 Å². The zero-order valence-electron chi connectivity index (χ0n) is 21.7. The summed E-state index contributed by atoms with van der Waals surface area (Å²) in [6, 6.07) is 0.194. The second kappa shape index (κ2) is 12.9. The lowest BCUT2D eigenvalue weighted by atomic mass is 10.1. The minimum Gasteiger partial charge on any atom is -0.444 e. The Bertz CT molecular complexity index is 758. The molecule has 0 heterocycles. The molecule has 2 amide bonds. The van der Waals surface area contributed by atoms with Gasteiger partial charge in [-0.25, -0.2) is 9.59 Å². The summed E-state index contributed by atoms with van der Waals surface area (Å²) in [4.78, 5) is 23.0. The predicted molar refractivity (Wildman–Crippen MR) is 129 cm³/mol. The summed E-state index contributed by atoms with van der Waals surface area (Å²) in [6.45, 7) is 11.4. The lowest BCUT2D eigenvalue weighted by Gasteiger charge is -2.21. The van der Waals surface area contributed by atoms with Crippen LogP contribution >= 0.6 is 0 Å². The van der Waals surface area contributed by atoms with Crippen molar-refractivity contribution >= 4 is 22.3 Å². The first-order chi connectivity index (χ1) is 15.5. The summed E-state index contributed by atoms with van der Waals surface area (Å²) >= 11 is 0. The Morgan fingerprint density at radius 2 is 1.24 bits per heavy atom. The quantitative estimate of drug-likeness (QED) is 0.464. The van der Waals surface area contributed by atoms with Gasteiger partial charge in [0.1, 0.15) is 11.2 Å². The van der Waals surface area contributed by atoms with Crippen molar-refractivity contribution in [3.8, 4) is 0 Å². The van der Waals surface area contributed by atoms with Gasteiger partial charge < -0.3 is 25.2 Å². The van der Waals surface area contributed by atoms with Crippen LogP contribution in [0.3, 0.4) is 0 Å². The number of hydrogen-bond donors (Lipinski definition) is 3. The third kappa shape index (κ3) is 14.6. The Labute approximate surface area is 204 Å². The van der Waals surface area contributed by atoms with E-state index in [1.54, 1.807) is 0 Å². The van der Waals surface area contributed by atoms with Crippen LogP contribution in [-0.4, -0.2) is 68.5 Å². The summed E-state index contributed by atoms with van der Waals surface area (Å²) in [5.41, 5.74) is -0.958. The van der Waals surface area contributed by atoms with E-state index >= 15 is 0 Å². The Kier molecular flexibility index (Phi) is 11.6. The molecule has 11 heteroatoms. The zero-order chi connectivity index (χ0) is 26.2. The SMILES string of the molecule is CC(C)(C)OC(=O)N[C@H]1CC[C@@H](CO)C1.CC(C)(C)OC(=O)N[C@H]1CC[C@@H](COS(C)(=O)=O)C1. The van der Waals surface area contributed by atoms with Gasteiger partial charge in [-0.1, -0.05) is 0 Å². The van der Waals surface area contributed by atoms with Crippen LogP contribution in [0.15, 0.2) is 0 Å². The van der Waals surface area contributed by atoms with E-state index in [0.29, 0.717) is 5.92 Å². The van der Waals surface area contributed by atoms with Gasteiger partial charge in [-0.3, -0.25) is 4.18 Å². The van der Waals surface area contributed by atoms with Gasteiger partial charge >= 0.3 is 12.2 Å². The maximum Gasteiger partial charge on any atom is 0.407 e. The summed E-state index contributed by atoms with van der Waals surface area (Å²) in [5, 5.41) is 14.6. The number of rotatable bonds is 6. The molecule has 2 fully saturated rings. The van der Waals surface area contributed by atoms with E-state index in [2.05, 4.69) is 10.6 Å². The molecule has 200 valence electrons. The number of ether oxygens (including phenoxy) is 2. The first-order valence-corrected chi connectivity index (χ1v) is 13.7. The van der Waals surface area contributed by atoms with E-state index in [-0.39, 0.29) is 37.3 Å². The molecule has 0 aromatic heterocycles. The molecular weight excluding hydrogens is 464 g/mol. The van der Waals surface area contributed by atoms with Crippen LogP contribution in [0.2, 0.25) is 0 Å². The van der Waals surface area contributed by atoms with E-state index in [1.807, 2.05) is 41.5 Å². The van der Waals surface area contributed by atoms with Crippen molar-refractivity contribution in [3.05, 3.63) is 0 Å². The van der Waals surface area contributed by atoms with Crippen molar-refractivity contribution < 1.29 is 36.8 Å². The zero-order valence-corrected chi connectivity index (χ0v) is 22.5. The standard InChI is InChI=1S/C12H23NO5S.C11H21NO3/c1-12(2,3)18-11(14)13-10-6-5-9(7-10)8-17-19(4,15)16;1-11(2,3)15-10(14)12-9-5-4-8(6-9)7-13/h9-10H,5-8H2,1-4H3,(H,13,14);8-9,13H,4-7H2,1-3H3,(H,12,14)/t9-,10+;8-,9+/m11/s1. The molecule has 2 saturated carbocycles. The third-order valence-electron chi connectivity index (χ3n) is 5.30. The van der Waals surface area contributed by atoms with Gasteiger partial charge in [0.15, 0.2) is 0 Å². The van der Waals surface area contributed by atoms with E-state index in [0.717, 1.165) is 44.8 Å². The highest BCUT2D eigenvalue weighted by Gasteiger charge is 2.29. The van der Waals surface area contributed by atoms with E-state index in [9.17, 15) is 18.0 Å². The van der Waals surface area contributed by atoms with Gasteiger partial charge in [0.25, 0.3) is 10.1 Å². The minimum absolute atomic E-state index is 0.0306. The third-order valence-corrected chi connectivity index (χ3v) is 5.86. The average Bonchev–Trinajstić information content (AvgIpc) is 3.25. The minimum atomic E-state index is -3.39. The summed E-state index contributed by atoms with van der Waals surface area (Å²) in [6.07, 6.45) is 5.41. The molecule has 0 aromatic carbocycles. The molecule has 0 radical (unpaired) electrons. The van der Waals surface area contributed by atoms with Crippen LogP contribution in [0, 0.1) is 11.8 Å². The molecule has 10 nitrogen and oxygen atoms in total. The molecule has 0 spiro atoms. The smallest absolute Gasteiger partial charge is 0.407 e. The summed E-state index contributed by atoms with van der Waals surface area (Å²) in [7, 11) is -3.39. The van der Waals surface area contributed by atoms with Crippen molar-refractivity contribution in [3.63, 3.8) is 0 Å². The summed E-state index contributed by atoms with van der Waals surface area (Å²) in [5.74, 6) is 0.500. The molecule has 3 N–H and O–H groups in total. The van der Waals surface area contributed by atoms with Crippen LogP contribution in [-0.2, 0) is 23.8 Å². The largest absolute Gasteiger partial charge is 0.444 e. The second-order valence-electron chi connectivity index (χ2n) is 11.2. The Morgan fingerprint density at radius 3 is 1.59 bits per heavy atom. The van der Waals surface area contributed by atoms with Crippen molar-refractivity contribution in [1.29, 1.82) is 0 Å². The molecule has 34 heavy (non-hydrogen) atoms. The topological polar surface area (TPSA) is 140 Å². The fraction of sp³-hybridized carbons (Fsp3) is 0.913. The fourth-order valence-corrected chi connectivity index (χ4v) is 4.34. The number of hydrogen-bond acceptors (Lipinski definition) is 8. The van der Waals surface area contributed by atoms with E-state index in [4.69, 9.17) is 18.8 Å². The number of aliphatic hydroxyl groups excluding tert-OH is 1. The maximum atomic E-state index is 11.6. The van der Waals surface area contributed by atoms with Gasteiger partial charge in [0.2, 0.25) is 0 Å². The molecular formula is C23H44N2O8S. The predicted octanol–water partition coefficient (Wildman–Crippen LogP) is 3.33. The van der Waals surface area contributed by atoms with E-state index < -0.39 is 27.4 Å². The molecule has 2 aliphatic rings. The first kappa shape index (κ1) is 30.4. The van der Waals surface area contributed by atoms with Crippen molar-refractivity contribution in [2.24, 2.45) is 11.8 Å². The molecule has 0 aromatic rings. The second-order valence-corrected chi connectivity index (χ2v) is 12.9. The molecule has 0 saturated heterocycles. The van der Waals surface area contributed by atoms with Crippen LogP contribution in [0.4, 0.5) is 9.59 Å². The van der Waals surface area contributed by atoms with Crippen LogP contribution in [0.1, 0.15) is 80.1 Å². The average molecular weight is 509 g/mol. The highest BCUT2D eigenvalue weighted by Crippen LogP contribution is 2.27. The lowest BCUT2D eigenvalue weighted by Crippen LogP contribution is -2.38. The Hall–Kier alpha value is -1.59. The Balaban J connectivity index is 0.000000350. The van der Waals surface area contributed by atoms with Gasteiger partial charge in [-0.05, 0) is 91.9 Å². The normalized spacial score (nSPS) is 25.2. The lowest BCUT2D eigenvalue weighted by molar-refractivity contribution is 0.0492. The van der Waals surface area contributed by atoms with Crippen LogP contribution in [0.25, 0.3) is 0 Å². The molecule has 0 bridgehead atoms. The van der Waals surface area contributed by atoms with Gasteiger partial charge in [-0.15, -0.1) is 0 Å².